The van der Waals surface area contributed by atoms with E-state index in [0.717, 1.165) is 25.2 Å². The van der Waals surface area contributed by atoms with Gasteiger partial charge in [-0.1, -0.05) is 13.0 Å². The molecule has 0 bridgehead atoms. The van der Waals surface area contributed by atoms with Gasteiger partial charge in [0.1, 0.15) is 0 Å². The quantitative estimate of drug-likeness (QED) is 0.748. The summed E-state index contributed by atoms with van der Waals surface area (Å²) in [6.07, 6.45) is 4.28. The summed E-state index contributed by atoms with van der Waals surface area (Å²) in [4.78, 5) is 6.45. The van der Waals surface area contributed by atoms with E-state index in [1.165, 1.54) is 0 Å². The SMILES string of the molecule is C=CCN(CCC)c1ccc([C@H](C)O)nc1. The molecule has 1 atom stereocenters. The van der Waals surface area contributed by atoms with E-state index in [0.29, 0.717) is 5.69 Å². The van der Waals surface area contributed by atoms with Crippen LogP contribution in [-0.4, -0.2) is 23.2 Å². The van der Waals surface area contributed by atoms with Gasteiger partial charge in [-0.25, -0.2) is 0 Å². The number of anilines is 1. The Hall–Kier alpha value is -1.35. The Labute approximate surface area is 97.4 Å². The molecule has 1 N–H and O–H groups in total. The second-order valence-corrected chi connectivity index (χ2v) is 3.85. The minimum Gasteiger partial charge on any atom is -0.387 e. The lowest BCUT2D eigenvalue weighted by Gasteiger charge is -2.22. The molecule has 0 aliphatic heterocycles. The summed E-state index contributed by atoms with van der Waals surface area (Å²) < 4.78 is 0. The number of hydrogen-bond acceptors (Lipinski definition) is 3. The molecule has 1 aromatic rings. The molecule has 0 aliphatic carbocycles. The number of nitrogens with zero attached hydrogens (tertiary/aromatic N) is 2. The van der Waals surface area contributed by atoms with Crippen LogP contribution in [0.2, 0.25) is 0 Å². The van der Waals surface area contributed by atoms with Crippen LogP contribution in [0.3, 0.4) is 0 Å². The molecule has 3 nitrogen and oxygen atoms in total. The normalized spacial score (nSPS) is 12.2. The van der Waals surface area contributed by atoms with Crippen LogP contribution in [0.15, 0.2) is 31.0 Å². The summed E-state index contributed by atoms with van der Waals surface area (Å²) in [5.74, 6) is 0. The van der Waals surface area contributed by atoms with Crippen molar-refractivity contribution in [1.82, 2.24) is 4.98 Å². The van der Waals surface area contributed by atoms with Gasteiger partial charge in [-0.15, -0.1) is 6.58 Å². The first-order valence-corrected chi connectivity index (χ1v) is 5.69. The highest BCUT2D eigenvalue weighted by Crippen LogP contribution is 2.16. The van der Waals surface area contributed by atoms with Crippen molar-refractivity contribution in [2.24, 2.45) is 0 Å². The number of aliphatic hydroxyl groups excluding tert-OH is 1. The molecule has 1 rings (SSSR count). The second-order valence-electron chi connectivity index (χ2n) is 3.85. The molecule has 88 valence electrons. The van der Waals surface area contributed by atoms with Crippen LogP contribution < -0.4 is 4.90 Å². The summed E-state index contributed by atoms with van der Waals surface area (Å²) in [7, 11) is 0. The van der Waals surface area contributed by atoms with E-state index in [4.69, 9.17) is 0 Å². The van der Waals surface area contributed by atoms with Crippen LogP contribution in [0, 0.1) is 0 Å². The van der Waals surface area contributed by atoms with E-state index in [9.17, 15) is 5.11 Å². The van der Waals surface area contributed by atoms with Crippen molar-refractivity contribution in [3.63, 3.8) is 0 Å². The largest absolute Gasteiger partial charge is 0.387 e. The Bertz CT molecular complexity index is 319. The highest BCUT2D eigenvalue weighted by molar-refractivity contribution is 5.45. The Balaban J connectivity index is 2.80. The van der Waals surface area contributed by atoms with Gasteiger partial charge in [0.15, 0.2) is 0 Å². The lowest BCUT2D eigenvalue weighted by atomic mass is 10.2. The third kappa shape index (κ3) is 3.35. The molecule has 16 heavy (non-hydrogen) atoms. The smallest absolute Gasteiger partial charge is 0.0931 e. The summed E-state index contributed by atoms with van der Waals surface area (Å²) >= 11 is 0. The number of aromatic nitrogens is 1. The van der Waals surface area contributed by atoms with Gasteiger partial charge in [0.05, 0.1) is 23.7 Å². The lowest BCUT2D eigenvalue weighted by Crippen LogP contribution is -2.24. The Morgan fingerprint density at radius 1 is 1.56 bits per heavy atom. The summed E-state index contributed by atoms with van der Waals surface area (Å²) in [6, 6.07) is 3.86. The monoisotopic (exact) mass is 220 g/mol. The van der Waals surface area contributed by atoms with Crippen molar-refractivity contribution in [2.45, 2.75) is 26.4 Å². The molecule has 0 radical (unpaired) electrons. The van der Waals surface area contributed by atoms with E-state index in [-0.39, 0.29) is 0 Å². The maximum Gasteiger partial charge on any atom is 0.0931 e. The first-order chi connectivity index (χ1) is 7.69. The molecular formula is C13H20N2O. The Morgan fingerprint density at radius 3 is 2.75 bits per heavy atom. The standard InChI is InChI=1S/C13H20N2O/c1-4-8-15(9-5-2)12-6-7-13(11(3)16)14-10-12/h4,6-7,10-11,16H,1,5,8-9H2,2-3H3/t11-/m0/s1. The molecule has 0 fully saturated rings. The van der Waals surface area contributed by atoms with Gasteiger partial charge in [0.25, 0.3) is 0 Å². The molecular weight excluding hydrogens is 200 g/mol. The number of rotatable bonds is 6. The summed E-state index contributed by atoms with van der Waals surface area (Å²) in [6.45, 7) is 9.43. The average Bonchev–Trinajstić information content (AvgIpc) is 2.29. The van der Waals surface area contributed by atoms with E-state index < -0.39 is 6.10 Å². The molecule has 3 heteroatoms. The molecule has 0 saturated carbocycles. The molecule has 0 aromatic carbocycles. The molecule has 1 heterocycles. The molecule has 0 saturated heterocycles. The fourth-order valence-electron chi connectivity index (χ4n) is 1.58. The zero-order valence-corrected chi connectivity index (χ0v) is 10.1. The molecule has 0 spiro atoms. The predicted octanol–water partition coefficient (Wildman–Crippen LogP) is 2.54. The highest BCUT2D eigenvalue weighted by atomic mass is 16.3. The Morgan fingerprint density at radius 2 is 2.31 bits per heavy atom. The van der Waals surface area contributed by atoms with Crippen molar-refractivity contribution in [1.29, 1.82) is 0 Å². The minimum absolute atomic E-state index is 0.506. The van der Waals surface area contributed by atoms with Gasteiger partial charge in [0, 0.05) is 13.1 Å². The maximum atomic E-state index is 9.37. The van der Waals surface area contributed by atoms with Crippen LogP contribution in [-0.2, 0) is 0 Å². The zero-order valence-electron chi connectivity index (χ0n) is 10.1. The first kappa shape index (κ1) is 12.7. The molecule has 1 aromatic heterocycles. The Kier molecular flexibility index (Phi) is 4.99. The van der Waals surface area contributed by atoms with Crippen LogP contribution >= 0.6 is 0 Å². The number of aliphatic hydroxyl groups is 1. The van der Waals surface area contributed by atoms with Gasteiger partial charge in [-0.3, -0.25) is 4.98 Å². The summed E-state index contributed by atoms with van der Waals surface area (Å²) in [5, 5.41) is 9.37. The maximum absolute atomic E-state index is 9.37. The van der Waals surface area contributed by atoms with Crippen LogP contribution in [0.1, 0.15) is 32.1 Å². The van der Waals surface area contributed by atoms with E-state index in [1.54, 1.807) is 13.1 Å². The van der Waals surface area contributed by atoms with Crippen molar-refractivity contribution in [3.05, 3.63) is 36.7 Å². The molecule has 0 amide bonds. The van der Waals surface area contributed by atoms with Crippen molar-refractivity contribution in [3.8, 4) is 0 Å². The average molecular weight is 220 g/mol. The van der Waals surface area contributed by atoms with Gasteiger partial charge in [-0.05, 0) is 25.5 Å². The topological polar surface area (TPSA) is 36.4 Å². The number of hydrogen-bond donors (Lipinski definition) is 1. The fraction of sp³-hybridized carbons (Fsp3) is 0.462. The van der Waals surface area contributed by atoms with Crippen molar-refractivity contribution >= 4 is 5.69 Å². The second kappa shape index (κ2) is 6.28. The predicted molar refractivity (Wildman–Crippen MR) is 67.6 cm³/mol. The van der Waals surface area contributed by atoms with Gasteiger partial charge in [0.2, 0.25) is 0 Å². The third-order valence-electron chi connectivity index (χ3n) is 2.41. The highest BCUT2D eigenvalue weighted by Gasteiger charge is 2.06. The number of pyridine rings is 1. The fourth-order valence-corrected chi connectivity index (χ4v) is 1.58. The first-order valence-electron chi connectivity index (χ1n) is 5.69. The van der Waals surface area contributed by atoms with Crippen molar-refractivity contribution in [2.75, 3.05) is 18.0 Å². The van der Waals surface area contributed by atoms with Gasteiger partial charge in [-0.2, -0.15) is 0 Å². The van der Waals surface area contributed by atoms with E-state index >= 15 is 0 Å². The lowest BCUT2D eigenvalue weighted by molar-refractivity contribution is 0.194. The third-order valence-corrected chi connectivity index (χ3v) is 2.41. The zero-order chi connectivity index (χ0) is 12.0. The van der Waals surface area contributed by atoms with E-state index in [2.05, 4.69) is 23.4 Å². The minimum atomic E-state index is -0.506. The van der Waals surface area contributed by atoms with E-state index in [1.807, 2.05) is 18.2 Å². The van der Waals surface area contributed by atoms with Crippen LogP contribution in [0.5, 0.6) is 0 Å². The molecule has 0 unspecified atom stereocenters. The van der Waals surface area contributed by atoms with Gasteiger partial charge < -0.3 is 10.0 Å². The molecule has 0 aliphatic rings. The van der Waals surface area contributed by atoms with Crippen LogP contribution in [0.25, 0.3) is 0 Å². The van der Waals surface area contributed by atoms with Gasteiger partial charge >= 0.3 is 0 Å². The summed E-state index contributed by atoms with van der Waals surface area (Å²) in [5.41, 5.74) is 1.78. The van der Waals surface area contributed by atoms with Crippen LogP contribution in [0.4, 0.5) is 5.69 Å². The van der Waals surface area contributed by atoms with Crippen molar-refractivity contribution < 1.29 is 5.11 Å².